The standard InChI is InChI=1S/C12H22O5S/c1-3-5-14-6-7-15-8-9-17-11(10-18)12(13)16-4-2/h3,11,18H,1,4-10H2,2H3. The molecule has 0 aliphatic rings. The van der Waals surface area contributed by atoms with Crippen LogP contribution in [0.5, 0.6) is 0 Å². The van der Waals surface area contributed by atoms with Crippen molar-refractivity contribution in [3.8, 4) is 0 Å². The molecule has 1 atom stereocenters. The van der Waals surface area contributed by atoms with Crippen LogP contribution in [0, 0.1) is 0 Å². The van der Waals surface area contributed by atoms with E-state index in [1.165, 1.54) is 0 Å². The zero-order valence-electron chi connectivity index (χ0n) is 10.8. The van der Waals surface area contributed by atoms with Crippen molar-refractivity contribution in [1.82, 2.24) is 0 Å². The van der Waals surface area contributed by atoms with Crippen molar-refractivity contribution >= 4 is 18.6 Å². The molecule has 0 aliphatic heterocycles. The van der Waals surface area contributed by atoms with Crippen LogP contribution in [-0.2, 0) is 23.7 Å². The Morgan fingerprint density at radius 3 is 2.56 bits per heavy atom. The van der Waals surface area contributed by atoms with Crippen molar-refractivity contribution in [3.63, 3.8) is 0 Å². The van der Waals surface area contributed by atoms with Crippen LogP contribution < -0.4 is 0 Å². The number of carbonyl (C=O) groups is 1. The van der Waals surface area contributed by atoms with Crippen molar-refractivity contribution in [2.45, 2.75) is 13.0 Å². The largest absolute Gasteiger partial charge is 0.464 e. The minimum atomic E-state index is -0.631. The number of thiol groups is 1. The molecule has 0 spiro atoms. The fraction of sp³-hybridized carbons (Fsp3) is 0.750. The molecule has 6 heteroatoms. The van der Waals surface area contributed by atoms with Crippen LogP contribution in [0.25, 0.3) is 0 Å². The van der Waals surface area contributed by atoms with Gasteiger partial charge in [-0.15, -0.1) is 6.58 Å². The highest BCUT2D eigenvalue weighted by molar-refractivity contribution is 7.80. The van der Waals surface area contributed by atoms with Crippen molar-refractivity contribution in [3.05, 3.63) is 12.7 Å². The fourth-order valence-corrected chi connectivity index (χ4v) is 1.32. The Balaban J connectivity index is 3.45. The third kappa shape index (κ3) is 9.47. The first-order valence-corrected chi connectivity index (χ1v) is 6.55. The molecule has 0 rings (SSSR count). The second-order valence-electron chi connectivity index (χ2n) is 3.27. The minimum Gasteiger partial charge on any atom is -0.464 e. The highest BCUT2D eigenvalue weighted by Gasteiger charge is 2.18. The van der Waals surface area contributed by atoms with Gasteiger partial charge in [-0.25, -0.2) is 4.79 Å². The van der Waals surface area contributed by atoms with E-state index in [0.29, 0.717) is 45.4 Å². The number of esters is 1. The molecule has 0 radical (unpaired) electrons. The van der Waals surface area contributed by atoms with E-state index in [9.17, 15) is 4.79 Å². The second kappa shape index (κ2) is 12.9. The van der Waals surface area contributed by atoms with Crippen LogP contribution in [0.4, 0.5) is 0 Å². The van der Waals surface area contributed by atoms with Crippen molar-refractivity contribution in [2.24, 2.45) is 0 Å². The van der Waals surface area contributed by atoms with Gasteiger partial charge in [0, 0.05) is 5.75 Å². The summed E-state index contributed by atoms with van der Waals surface area (Å²) >= 11 is 4.03. The molecule has 1 unspecified atom stereocenters. The van der Waals surface area contributed by atoms with Crippen LogP contribution in [-0.4, -0.2) is 57.5 Å². The topological polar surface area (TPSA) is 54.0 Å². The first kappa shape index (κ1) is 17.4. The molecule has 18 heavy (non-hydrogen) atoms. The number of ether oxygens (including phenoxy) is 4. The summed E-state index contributed by atoms with van der Waals surface area (Å²) in [5, 5.41) is 0. The van der Waals surface area contributed by atoms with Gasteiger partial charge in [0.05, 0.1) is 39.6 Å². The Bertz CT molecular complexity index is 223. The van der Waals surface area contributed by atoms with E-state index in [4.69, 9.17) is 18.9 Å². The van der Waals surface area contributed by atoms with Crippen LogP contribution in [0.2, 0.25) is 0 Å². The summed E-state index contributed by atoms with van der Waals surface area (Å²) in [6, 6.07) is 0. The molecule has 0 aromatic heterocycles. The quantitative estimate of drug-likeness (QED) is 0.251. The Morgan fingerprint density at radius 1 is 1.28 bits per heavy atom. The van der Waals surface area contributed by atoms with Crippen LogP contribution >= 0.6 is 12.6 Å². The Labute approximate surface area is 114 Å². The van der Waals surface area contributed by atoms with Crippen molar-refractivity contribution < 1.29 is 23.7 Å². The van der Waals surface area contributed by atoms with Gasteiger partial charge in [0.2, 0.25) is 0 Å². The maximum atomic E-state index is 11.3. The molecule has 0 aliphatic carbocycles. The lowest BCUT2D eigenvalue weighted by Gasteiger charge is -2.14. The van der Waals surface area contributed by atoms with E-state index < -0.39 is 6.10 Å². The minimum absolute atomic E-state index is 0.293. The third-order valence-corrected chi connectivity index (χ3v) is 2.20. The highest BCUT2D eigenvalue weighted by atomic mass is 32.1. The van der Waals surface area contributed by atoms with Crippen LogP contribution in [0.3, 0.4) is 0 Å². The van der Waals surface area contributed by atoms with E-state index in [2.05, 4.69) is 19.2 Å². The molecular weight excluding hydrogens is 256 g/mol. The maximum Gasteiger partial charge on any atom is 0.336 e. The third-order valence-electron chi connectivity index (χ3n) is 1.87. The van der Waals surface area contributed by atoms with E-state index in [0.717, 1.165) is 0 Å². The van der Waals surface area contributed by atoms with E-state index in [1.54, 1.807) is 13.0 Å². The predicted molar refractivity (Wildman–Crippen MR) is 72.1 cm³/mol. The first-order chi connectivity index (χ1) is 8.76. The van der Waals surface area contributed by atoms with Gasteiger partial charge in [0.25, 0.3) is 0 Å². The second-order valence-corrected chi connectivity index (χ2v) is 3.64. The van der Waals surface area contributed by atoms with Gasteiger partial charge in [0.1, 0.15) is 0 Å². The Kier molecular flexibility index (Phi) is 12.5. The molecule has 5 nitrogen and oxygen atoms in total. The molecule has 0 fully saturated rings. The lowest BCUT2D eigenvalue weighted by atomic mass is 10.4. The van der Waals surface area contributed by atoms with Gasteiger partial charge in [-0.1, -0.05) is 6.08 Å². The number of rotatable bonds is 12. The van der Waals surface area contributed by atoms with Gasteiger partial charge in [-0.2, -0.15) is 12.6 Å². The zero-order valence-corrected chi connectivity index (χ0v) is 11.7. The first-order valence-electron chi connectivity index (χ1n) is 5.91. The summed E-state index contributed by atoms with van der Waals surface area (Å²) in [5.41, 5.74) is 0. The molecule has 106 valence electrons. The summed E-state index contributed by atoms with van der Waals surface area (Å²) in [6.45, 7) is 7.87. The molecule has 0 amide bonds. The average molecular weight is 278 g/mol. The Morgan fingerprint density at radius 2 is 1.94 bits per heavy atom. The summed E-state index contributed by atoms with van der Waals surface area (Å²) in [4.78, 5) is 11.3. The summed E-state index contributed by atoms with van der Waals surface area (Å²) in [6.07, 6.45) is 1.05. The van der Waals surface area contributed by atoms with Gasteiger partial charge in [0.15, 0.2) is 6.10 Å². The smallest absolute Gasteiger partial charge is 0.336 e. The van der Waals surface area contributed by atoms with E-state index in [-0.39, 0.29) is 5.97 Å². The van der Waals surface area contributed by atoms with Crippen LogP contribution in [0.15, 0.2) is 12.7 Å². The number of carbonyl (C=O) groups excluding carboxylic acids is 1. The SMILES string of the molecule is C=CCOCCOCCOC(CS)C(=O)OCC. The number of hydrogen-bond donors (Lipinski definition) is 1. The summed E-state index contributed by atoms with van der Waals surface area (Å²) < 4.78 is 20.5. The lowest BCUT2D eigenvalue weighted by molar-refractivity contribution is -0.156. The molecule has 0 N–H and O–H groups in total. The lowest BCUT2D eigenvalue weighted by Crippen LogP contribution is -2.29. The molecule has 0 heterocycles. The molecule has 0 aromatic rings. The summed E-state index contributed by atoms with van der Waals surface area (Å²) in [5.74, 6) is -0.0943. The van der Waals surface area contributed by atoms with Crippen LogP contribution in [0.1, 0.15) is 6.92 Å². The predicted octanol–water partition coefficient (Wildman–Crippen LogP) is 1.08. The zero-order chi connectivity index (χ0) is 13.6. The molecular formula is C12H22O5S. The number of hydrogen-bond acceptors (Lipinski definition) is 6. The van der Waals surface area contributed by atoms with Gasteiger partial charge < -0.3 is 18.9 Å². The van der Waals surface area contributed by atoms with Crippen molar-refractivity contribution in [2.75, 3.05) is 45.4 Å². The Hall–Kier alpha value is -0.560. The fourth-order valence-electron chi connectivity index (χ4n) is 1.07. The molecule has 0 bridgehead atoms. The van der Waals surface area contributed by atoms with E-state index >= 15 is 0 Å². The highest BCUT2D eigenvalue weighted by Crippen LogP contribution is 1.99. The maximum absolute atomic E-state index is 11.3. The average Bonchev–Trinajstić information content (AvgIpc) is 2.37. The van der Waals surface area contributed by atoms with Gasteiger partial charge in [-0.3, -0.25) is 0 Å². The van der Waals surface area contributed by atoms with Crippen molar-refractivity contribution in [1.29, 1.82) is 0 Å². The normalized spacial score (nSPS) is 12.1. The summed E-state index contributed by atoms with van der Waals surface area (Å²) in [7, 11) is 0. The van der Waals surface area contributed by atoms with Gasteiger partial charge >= 0.3 is 5.97 Å². The molecule has 0 saturated heterocycles. The molecule has 0 saturated carbocycles. The van der Waals surface area contributed by atoms with Gasteiger partial charge in [-0.05, 0) is 6.92 Å². The molecule has 0 aromatic carbocycles. The van der Waals surface area contributed by atoms with E-state index in [1.807, 2.05) is 0 Å². The monoisotopic (exact) mass is 278 g/mol.